The summed E-state index contributed by atoms with van der Waals surface area (Å²) >= 11 is 5.99. The van der Waals surface area contributed by atoms with Gasteiger partial charge in [0.25, 0.3) is 5.91 Å². The van der Waals surface area contributed by atoms with Crippen molar-refractivity contribution in [1.82, 2.24) is 25.1 Å². The minimum absolute atomic E-state index is 0.167. The van der Waals surface area contributed by atoms with E-state index in [1.807, 2.05) is 0 Å². The first kappa shape index (κ1) is 14.2. The van der Waals surface area contributed by atoms with Gasteiger partial charge in [-0.3, -0.25) is 4.79 Å². The van der Waals surface area contributed by atoms with Gasteiger partial charge < -0.3 is 9.84 Å². The van der Waals surface area contributed by atoms with Crippen LogP contribution in [0.4, 0.5) is 5.69 Å². The van der Waals surface area contributed by atoms with Gasteiger partial charge in [0.05, 0.1) is 16.9 Å². The van der Waals surface area contributed by atoms with E-state index in [1.165, 1.54) is 10.9 Å². The van der Waals surface area contributed by atoms with Crippen LogP contribution in [0.3, 0.4) is 0 Å². The minimum atomic E-state index is -0.399. The summed E-state index contributed by atoms with van der Waals surface area (Å²) in [5.41, 5.74) is 0.678. The smallest absolute Gasteiger partial charge is 0.277 e. The van der Waals surface area contributed by atoms with Crippen LogP contribution < -0.4 is 5.32 Å². The molecule has 2 heterocycles. The molecule has 112 valence electrons. The SMILES string of the molecule is Cc1nc(Cn2cc(C(=O)Nc3ccccc3Cl)nn2)no1. The summed E-state index contributed by atoms with van der Waals surface area (Å²) in [7, 11) is 0. The van der Waals surface area contributed by atoms with Gasteiger partial charge in [0.1, 0.15) is 6.54 Å². The quantitative estimate of drug-likeness (QED) is 0.789. The number of benzene rings is 1. The van der Waals surface area contributed by atoms with Crippen molar-refractivity contribution in [3.63, 3.8) is 0 Å². The van der Waals surface area contributed by atoms with E-state index in [0.717, 1.165) is 0 Å². The number of hydrogen-bond donors (Lipinski definition) is 1. The van der Waals surface area contributed by atoms with Crippen molar-refractivity contribution in [2.24, 2.45) is 0 Å². The predicted molar refractivity (Wildman–Crippen MR) is 77.6 cm³/mol. The lowest BCUT2D eigenvalue weighted by Crippen LogP contribution is -2.12. The molecule has 0 spiro atoms. The maximum atomic E-state index is 12.1. The van der Waals surface area contributed by atoms with Crippen LogP contribution in [-0.4, -0.2) is 31.0 Å². The Morgan fingerprint density at radius 2 is 2.23 bits per heavy atom. The molecule has 1 N–H and O–H groups in total. The zero-order chi connectivity index (χ0) is 15.5. The highest BCUT2D eigenvalue weighted by Gasteiger charge is 2.13. The number of halogens is 1. The summed E-state index contributed by atoms with van der Waals surface area (Å²) in [5, 5.41) is 14.5. The molecule has 3 rings (SSSR count). The van der Waals surface area contributed by atoms with Crippen molar-refractivity contribution in [2.45, 2.75) is 13.5 Å². The number of para-hydroxylation sites is 1. The zero-order valence-corrected chi connectivity index (χ0v) is 12.3. The van der Waals surface area contributed by atoms with E-state index in [4.69, 9.17) is 16.1 Å². The highest BCUT2D eigenvalue weighted by Crippen LogP contribution is 2.20. The maximum absolute atomic E-state index is 12.1. The largest absolute Gasteiger partial charge is 0.340 e. The summed E-state index contributed by atoms with van der Waals surface area (Å²) in [6.07, 6.45) is 1.50. The van der Waals surface area contributed by atoms with E-state index in [1.54, 1.807) is 31.2 Å². The van der Waals surface area contributed by atoms with Crippen LogP contribution >= 0.6 is 11.6 Å². The Labute approximate surface area is 130 Å². The van der Waals surface area contributed by atoms with Crippen LogP contribution in [0.5, 0.6) is 0 Å². The summed E-state index contributed by atoms with van der Waals surface area (Å²) in [6, 6.07) is 6.94. The van der Waals surface area contributed by atoms with Crippen LogP contribution in [0.15, 0.2) is 35.0 Å². The van der Waals surface area contributed by atoms with Gasteiger partial charge in [0.2, 0.25) is 5.89 Å². The molecule has 8 nitrogen and oxygen atoms in total. The number of hydrogen-bond acceptors (Lipinski definition) is 6. The molecule has 0 fully saturated rings. The Bertz CT molecular complexity index is 812. The molecule has 0 aliphatic heterocycles. The Balaban J connectivity index is 1.70. The van der Waals surface area contributed by atoms with Gasteiger partial charge in [-0.1, -0.05) is 34.1 Å². The number of aryl methyl sites for hydroxylation is 1. The molecule has 0 saturated heterocycles. The second-order valence-corrected chi connectivity index (χ2v) is 4.87. The minimum Gasteiger partial charge on any atom is -0.340 e. The van der Waals surface area contributed by atoms with E-state index in [2.05, 4.69) is 25.8 Å². The molecule has 0 atom stereocenters. The van der Waals surface area contributed by atoms with E-state index in [-0.39, 0.29) is 12.2 Å². The molecule has 0 radical (unpaired) electrons. The van der Waals surface area contributed by atoms with E-state index < -0.39 is 5.91 Å². The van der Waals surface area contributed by atoms with Crippen LogP contribution in [0.25, 0.3) is 0 Å². The third-order valence-corrected chi connectivity index (χ3v) is 3.10. The van der Waals surface area contributed by atoms with Crippen LogP contribution in [0.2, 0.25) is 5.02 Å². The Hall–Kier alpha value is -2.74. The fourth-order valence-corrected chi connectivity index (χ4v) is 1.96. The lowest BCUT2D eigenvalue weighted by molar-refractivity contribution is 0.102. The van der Waals surface area contributed by atoms with Gasteiger partial charge in [-0.15, -0.1) is 5.10 Å². The molecule has 1 aromatic carbocycles. The van der Waals surface area contributed by atoms with Gasteiger partial charge >= 0.3 is 0 Å². The van der Waals surface area contributed by atoms with E-state index in [9.17, 15) is 4.79 Å². The highest BCUT2D eigenvalue weighted by atomic mass is 35.5. The highest BCUT2D eigenvalue weighted by molar-refractivity contribution is 6.33. The number of amides is 1. The van der Waals surface area contributed by atoms with Crippen LogP contribution in [0, 0.1) is 6.92 Å². The van der Waals surface area contributed by atoms with Gasteiger partial charge in [0, 0.05) is 6.92 Å². The van der Waals surface area contributed by atoms with Crippen molar-refractivity contribution in [1.29, 1.82) is 0 Å². The predicted octanol–water partition coefficient (Wildman–Crippen LogP) is 1.92. The molecule has 0 bridgehead atoms. The summed E-state index contributed by atoms with van der Waals surface area (Å²) in [4.78, 5) is 16.2. The van der Waals surface area contributed by atoms with Crippen molar-refractivity contribution in [3.05, 3.63) is 52.9 Å². The number of carbonyl (C=O) groups is 1. The Morgan fingerprint density at radius 3 is 2.95 bits per heavy atom. The standard InChI is InChI=1S/C13H11ClN6O2/c1-8-15-12(18-22-8)7-20-6-11(17-19-20)13(21)16-10-5-3-2-4-9(10)14/h2-6H,7H2,1H3,(H,16,21). The van der Waals surface area contributed by atoms with Gasteiger partial charge in [-0.2, -0.15) is 4.98 Å². The van der Waals surface area contributed by atoms with Gasteiger partial charge in [-0.25, -0.2) is 4.68 Å². The fraction of sp³-hybridized carbons (Fsp3) is 0.154. The molecule has 22 heavy (non-hydrogen) atoms. The molecule has 2 aromatic heterocycles. The molecule has 1 amide bonds. The summed E-state index contributed by atoms with van der Waals surface area (Å²) < 4.78 is 6.32. The van der Waals surface area contributed by atoms with Crippen molar-refractivity contribution in [2.75, 3.05) is 5.32 Å². The molecule has 9 heteroatoms. The molecule has 0 aliphatic rings. The van der Waals surface area contributed by atoms with E-state index in [0.29, 0.717) is 22.4 Å². The number of aromatic nitrogens is 5. The molecule has 0 saturated carbocycles. The molecule has 3 aromatic rings. The second kappa shape index (κ2) is 5.94. The topological polar surface area (TPSA) is 98.7 Å². The molecular weight excluding hydrogens is 308 g/mol. The zero-order valence-electron chi connectivity index (χ0n) is 11.5. The van der Waals surface area contributed by atoms with Gasteiger partial charge in [-0.05, 0) is 12.1 Å². The molecular formula is C13H11ClN6O2. The number of rotatable bonds is 4. The average Bonchev–Trinajstić information content (AvgIpc) is 3.11. The first-order chi connectivity index (χ1) is 10.6. The normalized spacial score (nSPS) is 10.6. The third-order valence-electron chi connectivity index (χ3n) is 2.77. The van der Waals surface area contributed by atoms with E-state index >= 15 is 0 Å². The first-order valence-corrected chi connectivity index (χ1v) is 6.75. The summed E-state index contributed by atoms with van der Waals surface area (Å²) in [5.74, 6) is 0.524. The van der Waals surface area contributed by atoms with Crippen molar-refractivity contribution >= 4 is 23.2 Å². The number of nitrogens with zero attached hydrogens (tertiary/aromatic N) is 5. The van der Waals surface area contributed by atoms with Gasteiger partial charge in [0.15, 0.2) is 11.5 Å². The monoisotopic (exact) mass is 318 g/mol. The second-order valence-electron chi connectivity index (χ2n) is 4.46. The summed E-state index contributed by atoms with van der Waals surface area (Å²) in [6.45, 7) is 1.96. The van der Waals surface area contributed by atoms with Crippen molar-refractivity contribution < 1.29 is 9.32 Å². The third kappa shape index (κ3) is 3.12. The lowest BCUT2D eigenvalue weighted by Gasteiger charge is -2.04. The average molecular weight is 319 g/mol. The van der Waals surface area contributed by atoms with Crippen LogP contribution in [-0.2, 0) is 6.54 Å². The maximum Gasteiger partial charge on any atom is 0.277 e. The molecule has 0 aliphatic carbocycles. The first-order valence-electron chi connectivity index (χ1n) is 6.37. The fourth-order valence-electron chi connectivity index (χ4n) is 1.78. The van der Waals surface area contributed by atoms with Crippen LogP contribution in [0.1, 0.15) is 22.2 Å². The number of carbonyl (C=O) groups excluding carboxylic acids is 1. The Kier molecular flexibility index (Phi) is 3.84. The molecule has 0 unspecified atom stereocenters. The number of nitrogens with one attached hydrogen (secondary N) is 1. The Morgan fingerprint density at radius 1 is 1.41 bits per heavy atom. The lowest BCUT2D eigenvalue weighted by atomic mass is 10.3. The van der Waals surface area contributed by atoms with Crippen molar-refractivity contribution in [3.8, 4) is 0 Å². The number of anilines is 1.